The number of para-hydroxylation sites is 1. The summed E-state index contributed by atoms with van der Waals surface area (Å²) in [5.41, 5.74) is 0.367. The minimum atomic E-state index is -4.38. The van der Waals surface area contributed by atoms with Crippen LogP contribution in [0.3, 0.4) is 0 Å². The van der Waals surface area contributed by atoms with Crippen molar-refractivity contribution < 1.29 is 27.4 Å². The molecule has 0 spiro atoms. The number of rotatable bonds is 4. The van der Waals surface area contributed by atoms with Gasteiger partial charge in [-0.05, 0) is 36.8 Å². The van der Waals surface area contributed by atoms with Crippen molar-refractivity contribution in [1.82, 2.24) is 4.90 Å². The van der Waals surface area contributed by atoms with E-state index < -0.39 is 17.8 Å². The maximum Gasteiger partial charge on any atom is 0.416 e. The summed E-state index contributed by atoms with van der Waals surface area (Å²) in [6.45, 7) is 3.29. The van der Waals surface area contributed by atoms with Crippen LogP contribution in [-0.4, -0.2) is 37.1 Å². The van der Waals surface area contributed by atoms with Crippen LogP contribution in [-0.2, 0) is 10.9 Å². The summed E-state index contributed by atoms with van der Waals surface area (Å²) in [5, 5.41) is 0. The molecule has 4 nitrogen and oxygen atoms in total. The first-order valence-corrected chi connectivity index (χ1v) is 8.70. The van der Waals surface area contributed by atoms with E-state index in [-0.39, 0.29) is 12.5 Å². The van der Waals surface area contributed by atoms with E-state index in [4.69, 9.17) is 9.47 Å². The molecule has 0 bridgehead atoms. The highest BCUT2D eigenvalue weighted by molar-refractivity contribution is 5.97. The molecule has 1 atom stereocenters. The van der Waals surface area contributed by atoms with Crippen molar-refractivity contribution >= 4 is 5.91 Å². The number of amides is 1. The topological polar surface area (TPSA) is 38.8 Å². The number of alkyl halides is 3. The van der Waals surface area contributed by atoms with Gasteiger partial charge in [0.05, 0.1) is 30.9 Å². The zero-order chi connectivity index (χ0) is 19.4. The van der Waals surface area contributed by atoms with Crippen molar-refractivity contribution in [2.45, 2.75) is 19.2 Å². The molecule has 2 aromatic carbocycles. The minimum Gasteiger partial charge on any atom is -0.493 e. The Hall–Kier alpha value is -2.54. The Morgan fingerprint density at radius 3 is 2.56 bits per heavy atom. The van der Waals surface area contributed by atoms with Crippen molar-refractivity contribution in [1.29, 1.82) is 0 Å². The summed E-state index contributed by atoms with van der Waals surface area (Å²) in [6, 6.07) is 11.9. The highest BCUT2D eigenvalue weighted by atomic mass is 19.4. The largest absolute Gasteiger partial charge is 0.493 e. The molecule has 2 aromatic rings. The van der Waals surface area contributed by atoms with Gasteiger partial charge in [0.25, 0.3) is 5.91 Å². The van der Waals surface area contributed by atoms with Gasteiger partial charge in [-0.25, -0.2) is 0 Å². The van der Waals surface area contributed by atoms with E-state index in [0.29, 0.717) is 36.6 Å². The van der Waals surface area contributed by atoms with Crippen LogP contribution in [0.1, 0.15) is 34.5 Å². The number of ether oxygens (including phenoxy) is 2. The maximum atomic E-state index is 12.9. The van der Waals surface area contributed by atoms with Crippen molar-refractivity contribution in [3.05, 3.63) is 65.2 Å². The van der Waals surface area contributed by atoms with Gasteiger partial charge in [-0.15, -0.1) is 0 Å². The van der Waals surface area contributed by atoms with Crippen LogP contribution in [0.2, 0.25) is 0 Å². The molecule has 1 aliphatic rings. The highest BCUT2D eigenvalue weighted by Gasteiger charge is 2.31. The van der Waals surface area contributed by atoms with E-state index in [1.807, 2.05) is 6.92 Å². The molecule has 0 aromatic heterocycles. The lowest BCUT2D eigenvalue weighted by atomic mass is 10.0. The molecule has 0 aliphatic carbocycles. The zero-order valence-corrected chi connectivity index (χ0v) is 14.8. The smallest absolute Gasteiger partial charge is 0.416 e. The normalized spacial score (nSPS) is 17.6. The summed E-state index contributed by atoms with van der Waals surface area (Å²) in [7, 11) is 0. The molecule has 3 rings (SSSR count). The molecule has 0 N–H and O–H groups in total. The lowest BCUT2D eigenvalue weighted by Gasteiger charge is -2.33. The number of halogens is 3. The van der Waals surface area contributed by atoms with Gasteiger partial charge >= 0.3 is 6.18 Å². The average Bonchev–Trinajstić information content (AvgIpc) is 2.68. The molecular formula is C20H20F3NO3. The fraction of sp³-hybridized carbons (Fsp3) is 0.350. The van der Waals surface area contributed by atoms with Crippen LogP contribution in [0, 0.1) is 0 Å². The van der Waals surface area contributed by atoms with E-state index in [0.717, 1.165) is 12.1 Å². The van der Waals surface area contributed by atoms with Gasteiger partial charge in [-0.3, -0.25) is 4.79 Å². The summed E-state index contributed by atoms with van der Waals surface area (Å²) < 4.78 is 49.4. The number of carbonyl (C=O) groups is 1. The summed E-state index contributed by atoms with van der Waals surface area (Å²) >= 11 is 0. The first-order valence-electron chi connectivity index (χ1n) is 8.70. The SMILES string of the molecule is CCOc1ccccc1C(=O)N1CCOC(c2ccc(C(F)(F)F)cc2)C1. The summed E-state index contributed by atoms with van der Waals surface area (Å²) in [5.74, 6) is 0.335. The van der Waals surface area contributed by atoms with Crippen LogP contribution in [0.15, 0.2) is 48.5 Å². The Labute approximate surface area is 155 Å². The third-order valence-corrected chi connectivity index (χ3v) is 4.38. The van der Waals surface area contributed by atoms with Crippen LogP contribution >= 0.6 is 0 Å². The van der Waals surface area contributed by atoms with E-state index in [1.54, 1.807) is 29.2 Å². The van der Waals surface area contributed by atoms with Gasteiger partial charge in [0.1, 0.15) is 11.9 Å². The monoisotopic (exact) mass is 379 g/mol. The quantitative estimate of drug-likeness (QED) is 0.794. The first-order chi connectivity index (χ1) is 12.9. The van der Waals surface area contributed by atoms with Crippen LogP contribution in [0.4, 0.5) is 13.2 Å². The van der Waals surface area contributed by atoms with E-state index in [2.05, 4.69) is 0 Å². The summed E-state index contributed by atoms with van der Waals surface area (Å²) in [4.78, 5) is 14.5. The highest BCUT2D eigenvalue weighted by Crippen LogP contribution is 2.31. The Morgan fingerprint density at radius 1 is 1.19 bits per heavy atom. The number of morpholine rings is 1. The van der Waals surface area contributed by atoms with Gasteiger partial charge in [-0.1, -0.05) is 24.3 Å². The van der Waals surface area contributed by atoms with Crippen molar-refractivity contribution in [3.8, 4) is 5.75 Å². The lowest BCUT2D eigenvalue weighted by molar-refractivity contribution is -0.137. The van der Waals surface area contributed by atoms with Crippen LogP contribution in [0.25, 0.3) is 0 Å². The van der Waals surface area contributed by atoms with Crippen molar-refractivity contribution in [3.63, 3.8) is 0 Å². The Bertz CT molecular complexity index is 790. The molecule has 0 radical (unpaired) electrons. The second-order valence-electron chi connectivity index (χ2n) is 6.16. The van der Waals surface area contributed by atoms with Gasteiger partial charge in [0.2, 0.25) is 0 Å². The van der Waals surface area contributed by atoms with Crippen molar-refractivity contribution in [2.75, 3.05) is 26.3 Å². The third-order valence-electron chi connectivity index (χ3n) is 4.38. The van der Waals surface area contributed by atoms with E-state index in [1.165, 1.54) is 12.1 Å². The minimum absolute atomic E-state index is 0.181. The number of carbonyl (C=O) groups excluding carboxylic acids is 1. The number of hydrogen-bond donors (Lipinski definition) is 0. The Kier molecular flexibility index (Phi) is 5.70. The zero-order valence-electron chi connectivity index (χ0n) is 14.8. The lowest BCUT2D eigenvalue weighted by Crippen LogP contribution is -2.42. The molecule has 1 aliphatic heterocycles. The number of benzene rings is 2. The Balaban J connectivity index is 1.75. The molecule has 27 heavy (non-hydrogen) atoms. The Morgan fingerprint density at radius 2 is 1.89 bits per heavy atom. The van der Waals surface area contributed by atoms with E-state index in [9.17, 15) is 18.0 Å². The standard InChI is InChI=1S/C20H20F3NO3/c1-2-26-17-6-4-3-5-16(17)19(25)24-11-12-27-18(13-24)14-7-9-15(10-8-14)20(21,22)23/h3-10,18H,2,11-13H2,1H3. The van der Waals surface area contributed by atoms with E-state index >= 15 is 0 Å². The molecule has 1 saturated heterocycles. The van der Waals surface area contributed by atoms with Crippen LogP contribution in [0.5, 0.6) is 5.75 Å². The molecule has 1 heterocycles. The fourth-order valence-corrected chi connectivity index (χ4v) is 3.02. The molecule has 144 valence electrons. The average molecular weight is 379 g/mol. The van der Waals surface area contributed by atoms with Gasteiger partial charge in [-0.2, -0.15) is 13.2 Å². The number of hydrogen-bond acceptors (Lipinski definition) is 3. The fourth-order valence-electron chi connectivity index (χ4n) is 3.02. The van der Waals surface area contributed by atoms with Gasteiger partial charge < -0.3 is 14.4 Å². The maximum absolute atomic E-state index is 12.9. The van der Waals surface area contributed by atoms with Crippen molar-refractivity contribution in [2.24, 2.45) is 0 Å². The number of nitrogens with zero attached hydrogens (tertiary/aromatic N) is 1. The predicted molar refractivity (Wildman–Crippen MR) is 93.7 cm³/mol. The van der Waals surface area contributed by atoms with Crippen LogP contribution < -0.4 is 4.74 Å². The van der Waals surface area contributed by atoms with Gasteiger partial charge in [0.15, 0.2) is 0 Å². The summed E-state index contributed by atoms with van der Waals surface area (Å²) in [6.07, 6.45) is -4.85. The predicted octanol–water partition coefficient (Wildman–Crippen LogP) is 4.32. The molecule has 1 fully saturated rings. The first kappa shape index (κ1) is 19.2. The molecule has 1 unspecified atom stereocenters. The second-order valence-corrected chi connectivity index (χ2v) is 6.16. The molecular weight excluding hydrogens is 359 g/mol. The molecule has 7 heteroatoms. The van der Waals surface area contributed by atoms with Gasteiger partial charge in [0, 0.05) is 6.54 Å². The molecule has 1 amide bonds. The second kappa shape index (κ2) is 8.00. The third kappa shape index (κ3) is 4.42. The molecule has 0 saturated carbocycles.